The molecule has 1 atom stereocenters. The Morgan fingerprint density at radius 3 is 2.92 bits per heavy atom. The van der Waals surface area contributed by atoms with Crippen molar-refractivity contribution in [3.63, 3.8) is 0 Å². The Morgan fingerprint density at radius 2 is 2.12 bits per heavy atom. The molecule has 0 radical (unpaired) electrons. The summed E-state index contributed by atoms with van der Waals surface area (Å²) in [5, 5.41) is 9.60. The number of aromatic nitrogens is 4. The number of benzene rings is 1. The van der Waals surface area contributed by atoms with Crippen LogP contribution >= 0.6 is 0 Å². The van der Waals surface area contributed by atoms with Crippen molar-refractivity contribution in [3.05, 3.63) is 47.7 Å². The number of rotatable bonds is 4. The van der Waals surface area contributed by atoms with E-state index in [0.717, 1.165) is 28.1 Å². The lowest BCUT2D eigenvalue weighted by molar-refractivity contribution is -0.132. The van der Waals surface area contributed by atoms with E-state index >= 15 is 0 Å². The quantitative estimate of drug-likeness (QED) is 0.720. The van der Waals surface area contributed by atoms with E-state index in [1.807, 2.05) is 24.1 Å². The Balaban J connectivity index is 1.55. The first-order chi connectivity index (χ1) is 12.6. The van der Waals surface area contributed by atoms with Crippen LogP contribution in [0.15, 0.2) is 30.5 Å². The number of nitrogens with zero attached hydrogens (tertiary/aromatic N) is 5. The van der Waals surface area contributed by atoms with Crippen LogP contribution in [0.3, 0.4) is 0 Å². The number of para-hydroxylation sites is 1. The van der Waals surface area contributed by atoms with Gasteiger partial charge in [-0.15, -0.1) is 10.2 Å². The Bertz CT molecular complexity index is 958. The average molecular weight is 353 g/mol. The second kappa shape index (κ2) is 6.57. The average Bonchev–Trinajstić information content (AvgIpc) is 3.18. The molecule has 3 heterocycles. The molecule has 7 nitrogen and oxygen atoms in total. The topological polar surface area (TPSA) is 65.2 Å². The lowest BCUT2D eigenvalue weighted by Crippen LogP contribution is -2.41. The molecule has 0 N–H and O–H groups in total. The monoisotopic (exact) mass is 353 g/mol. The van der Waals surface area contributed by atoms with E-state index in [1.54, 1.807) is 7.11 Å². The van der Waals surface area contributed by atoms with Crippen LogP contribution in [0, 0.1) is 0 Å². The van der Waals surface area contributed by atoms with E-state index in [1.165, 1.54) is 0 Å². The summed E-state index contributed by atoms with van der Waals surface area (Å²) in [6, 6.07) is 8.32. The van der Waals surface area contributed by atoms with Crippen LogP contribution in [0.2, 0.25) is 0 Å². The van der Waals surface area contributed by atoms with Gasteiger partial charge in [-0.25, -0.2) is 0 Å². The van der Waals surface area contributed by atoms with Gasteiger partial charge in [0.15, 0.2) is 11.6 Å². The fraction of sp³-hybridized carbons (Fsp3) is 0.421. The van der Waals surface area contributed by atoms with Gasteiger partial charge in [0.1, 0.15) is 6.61 Å². The maximum atomic E-state index is 12.9. The lowest BCUT2D eigenvalue weighted by atomic mass is 10.1. The van der Waals surface area contributed by atoms with Crippen LogP contribution in [-0.4, -0.2) is 43.8 Å². The first-order valence-corrected chi connectivity index (χ1v) is 8.80. The fourth-order valence-corrected chi connectivity index (χ4v) is 3.87. The zero-order chi connectivity index (χ0) is 18.3. The summed E-state index contributed by atoms with van der Waals surface area (Å²) in [5.41, 5.74) is 2.21. The summed E-state index contributed by atoms with van der Waals surface area (Å²) < 4.78 is 9.35. The Kier molecular flexibility index (Phi) is 4.24. The van der Waals surface area contributed by atoms with Crippen molar-refractivity contribution in [2.24, 2.45) is 7.05 Å². The molecule has 2 aromatic heterocycles. The van der Waals surface area contributed by atoms with Crippen LogP contribution in [0.4, 0.5) is 0 Å². The smallest absolute Gasteiger partial charge is 0.227 e. The van der Waals surface area contributed by atoms with Gasteiger partial charge in [-0.2, -0.15) is 0 Å². The van der Waals surface area contributed by atoms with E-state index < -0.39 is 0 Å². The number of fused-ring (bicyclic) bond motifs is 2. The zero-order valence-electron chi connectivity index (χ0n) is 15.3. The molecule has 3 aromatic rings. The third-order valence-corrected chi connectivity index (χ3v) is 5.04. The number of hydrogen-bond acceptors (Lipinski definition) is 4. The summed E-state index contributed by atoms with van der Waals surface area (Å²) in [5.74, 6) is 1.76. The van der Waals surface area contributed by atoms with Crippen molar-refractivity contribution in [2.75, 3.05) is 13.7 Å². The predicted molar refractivity (Wildman–Crippen MR) is 97.5 cm³/mol. The SMILES string of the molecule is COCc1nnc2n1[C@@H](C)CN(C(=O)Cc1cn(C)c3ccccc13)C2. The van der Waals surface area contributed by atoms with Gasteiger partial charge >= 0.3 is 0 Å². The van der Waals surface area contributed by atoms with Crippen molar-refractivity contribution < 1.29 is 9.53 Å². The molecule has 136 valence electrons. The van der Waals surface area contributed by atoms with Gasteiger partial charge in [-0.1, -0.05) is 18.2 Å². The largest absolute Gasteiger partial charge is 0.377 e. The molecule has 0 fully saturated rings. The molecule has 0 aliphatic carbocycles. The Labute approximate surface area is 152 Å². The highest BCUT2D eigenvalue weighted by atomic mass is 16.5. The standard InChI is InChI=1S/C19H23N5O2/c1-13-9-23(11-17-20-21-18(12-26-3)24(13)17)19(25)8-14-10-22(2)16-7-5-4-6-15(14)16/h4-7,10,13H,8-9,11-12H2,1-3H3/t13-/m0/s1. The minimum atomic E-state index is 0.121. The van der Waals surface area contributed by atoms with Crippen molar-refractivity contribution in [2.45, 2.75) is 32.5 Å². The molecule has 0 spiro atoms. The highest BCUT2D eigenvalue weighted by Crippen LogP contribution is 2.25. The molecule has 1 aliphatic heterocycles. The second-order valence-electron chi connectivity index (χ2n) is 6.92. The lowest BCUT2D eigenvalue weighted by Gasteiger charge is -2.32. The fourth-order valence-electron chi connectivity index (χ4n) is 3.87. The molecule has 1 amide bonds. The summed E-state index contributed by atoms with van der Waals surface area (Å²) in [7, 11) is 3.66. The van der Waals surface area contributed by atoms with Crippen molar-refractivity contribution >= 4 is 16.8 Å². The van der Waals surface area contributed by atoms with Crippen LogP contribution in [0.25, 0.3) is 10.9 Å². The molecular formula is C19H23N5O2. The third-order valence-electron chi connectivity index (χ3n) is 5.04. The maximum absolute atomic E-state index is 12.9. The number of amides is 1. The Morgan fingerprint density at radius 1 is 1.31 bits per heavy atom. The van der Waals surface area contributed by atoms with Gasteiger partial charge in [0, 0.05) is 37.8 Å². The molecule has 26 heavy (non-hydrogen) atoms. The van der Waals surface area contributed by atoms with Crippen LogP contribution in [0.5, 0.6) is 0 Å². The minimum Gasteiger partial charge on any atom is -0.377 e. The summed E-state index contributed by atoms with van der Waals surface area (Å²) in [6.07, 6.45) is 2.45. The molecular weight excluding hydrogens is 330 g/mol. The van der Waals surface area contributed by atoms with Crippen LogP contribution < -0.4 is 0 Å². The van der Waals surface area contributed by atoms with E-state index in [2.05, 4.69) is 44.6 Å². The van der Waals surface area contributed by atoms with Crippen molar-refractivity contribution in [1.82, 2.24) is 24.2 Å². The van der Waals surface area contributed by atoms with Gasteiger partial charge in [-0.05, 0) is 18.6 Å². The van der Waals surface area contributed by atoms with Gasteiger partial charge < -0.3 is 18.8 Å². The van der Waals surface area contributed by atoms with Gasteiger partial charge in [0.2, 0.25) is 5.91 Å². The summed E-state index contributed by atoms with van der Waals surface area (Å²) in [4.78, 5) is 14.8. The van der Waals surface area contributed by atoms with E-state index in [-0.39, 0.29) is 11.9 Å². The van der Waals surface area contributed by atoms with Gasteiger partial charge in [-0.3, -0.25) is 4.79 Å². The molecule has 4 rings (SSSR count). The van der Waals surface area contributed by atoms with Crippen molar-refractivity contribution in [1.29, 1.82) is 0 Å². The molecule has 1 aromatic carbocycles. The number of hydrogen-bond donors (Lipinski definition) is 0. The maximum Gasteiger partial charge on any atom is 0.227 e. The molecule has 0 saturated carbocycles. The van der Waals surface area contributed by atoms with Gasteiger partial charge in [0.05, 0.1) is 19.0 Å². The highest BCUT2D eigenvalue weighted by molar-refractivity contribution is 5.89. The normalized spacial score (nSPS) is 16.9. The number of aryl methyl sites for hydroxylation is 1. The molecule has 0 unspecified atom stereocenters. The molecule has 0 bridgehead atoms. The molecule has 1 aliphatic rings. The minimum absolute atomic E-state index is 0.121. The van der Waals surface area contributed by atoms with Gasteiger partial charge in [0.25, 0.3) is 0 Å². The number of carbonyl (C=O) groups excluding carboxylic acids is 1. The molecule has 7 heteroatoms. The first-order valence-electron chi connectivity index (χ1n) is 8.80. The summed E-state index contributed by atoms with van der Waals surface area (Å²) in [6.45, 7) is 3.67. The first kappa shape index (κ1) is 16.8. The number of ether oxygens (including phenoxy) is 1. The van der Waals surface area contributed by atoms with E-state index in [9.17, 15) is 4.79 Å². The highest BCUT2D eigenvalue weighted by Gasteiger charge is 2.29. The molecule has 0 saturated heterocycles. The van der Waals surface area contributed by atoms with E-state index in [4.69, 9.17) is 4.74 Å². The van der Waals surface area contributed by atoms with E-state index in [0.29, 0.717) is 26.1 Å². The number of carbonyl (C=O) groups is 1. The summed E-state index contributed by atoms with van der Waals surface area (Å²) >= 11 is 0. The van der Waals surface area contributed by atoms with Crippen molar-refractivity contribution in [3.8, 4) is 0 Å². The van der Waals surface area contributed by atoms with Crippen LogP contribution in [-0.2, 0) is 36.2 Å². The van der Waals surface area contributed by atoms with Crippen LogP contribution in [0.1, 0.15) is 30.2 Å². The predicted octanol–water partition coefficient (Wildman–Crippen LogP) is 2.06. The third kappa shape index (κ3) is 2.78. The Hall–Kier alpha value is -2.67. The zero-order valence-corrected chi connectivity index (χ0v) is 15.3. The number of methoxy groups -OCH3 is 1. The second-order valence-corrected chi connectivity index (χ2v) is 6.92.